The quantitative estimate of drug-likeness (QED) is 0.154. The number of benzene rings is 1. The number of carbonyl (C=O) groups is 4. The molecule has 1 aliphatic carbocycles. The van der Waals surface area contributed by atoms with Gasteiger partial charge in [0, 0.05) is 22.4 Å². The first-order valence-electron chi connectivity index (χ1n) is 15.3. The average molecular weight is 802 g/mol. The molecule has 3 aromatic rings. The number of hydrogen-bond acceptors (Lipinski definition) is 12. The van der Waals surface area contributed by atoms with Crippen molar-refractivity contribution >= 4 is 74.8 Å². The lowest BCUT2D eigenvalue weighted by molar-refractivity contribution is -0.140. The van der Waals surface area contributed by atoms with Crippen LogP contribution in [0, 0.1) is 0 Å². The molecule has 2 aromatic heterocycles. The Balaban J connectivity index is 0.000000237. The minimum Gasteiger partial charge on any atom is -0.481 e. The third-order valence-corrected chi connectivity index (χ3v) is 9.16. The maximum atomic E-state index is 12.9. The van der Waals surface area contributed by atoms with Gasteiger partial charge in [0.05, 0.1) is 38.1 Å². The smallest absolute Gasteiger partial charge is 0.419 e. The third kappa shape index (κ3) is 9.79. The Hall–Kier alpha value is -5.27. The van der Waals surface area contributed by atoms with Crippen LogP contribution in [-0.4, -0.2) is 68.0 Å². The molecule has 53 heavy (non-hydrogen) atoms. The van der Waals surface area contributed by atoms with E-state index in [1.54, 1.807) is 25.1 Å². The summed E-state index contributed by atoms with van der Waals surface area (Å²) < 4.78 is 79.0. The Labute approximate surface area is 310 Å². The molecule has 0 unspecified atom stereocenters. The zero-order chi connectivity index (χ0) is 39.1. The lowest BCUT2D eigenvalue weighted by atomic mass is 9.93. The molecule has 1 aromatic carbocycles. The molecule has 0 saturated carbocycles. The number of rotatable bonds is 9. The van der Waals surface area contributed by atoms with E-state index in [-0.39, 0.29) is 35.2 Å². The van der Waals surface area contributed by atoms with Crippen LogP contribution in [0.15, 0.2) is 63.8 Å². The fraction of sp³-hybridized carbons (Fsp3) is 0.281. The zero-order valence-corrected chi connectivity index (χ0v) is 30.2. The number of halogens is 5. The molecule has 282 valence electrons. The number of amides is 4. The van der Waals surface area contributed by atoms with Crippen LogP contribution in [0.25, 0.3) is 6.08 Å². The summed E-state index contributed by atoms with van der Waals surface area (Å²) >= 11 is 12.1. The number of esters is 1. The molecule has 0 atom stereocenters. The summed E-state index contributed by atoms with van der Waals surface area (Å²) in [5, 5.41) is 0.809. The molecule has 4 amide bonds. The summed E-state index contributed by atoms with van der Waals surface area (Å²) in [4.78, 5) is 60.7. The number of ether oxygens (including phenoxy) is 3. The van der Waals surface area contributed by atoms with Gasteiger partial charge in [0.1, 0.15) is 5.03 Å². The van der Waals surface area contributed by atoms with Crippen LogP contribution >= 0.6 is 23.2 Å². The molecule has 21 heteroatoms. The molecule has 0 saturated heterocycles. The largest absolute Gasteiger partial charge is 0.481 e. The molecule has 2 N–H and O–H groups in total. The van der Waals surface area contributed by atoms with E-state index in [2.05, 4.69) is 15.0 Å². The third-order valence-electron chi connectivity index (χ3n) is 7.26. The second-order valence-corrected chi connectivity index (χ2v) is 13.1. The Kier molecular flexibility index (Phi) is 13.0. The molecular weight excluding hydrogens is 772 g/mol. The highest BCUT2D eigenvalue weighted by molar-refractivity contribution is 7.90. The molecule has 1 aliphatic heterocycles. The molecular formula is C32H29Cl2F3N6O9S. The van der Waals surface area contributed by atoms with E-state index in [4.69, 9.17) is 37.4 Å². The zero-order valence-electron chi connectivity index (χ0n) is 27.9. The minimum absolute atomic E-state index is 0.0101. The molecule has 2 aliphatic rings. The summed E-state index contributed by atoms with van der Waals surface area (Å²) in [5.74, 6) is -1.65. The number of pyridine rings is 1. The van der Waals surface area contributed by atoms with Gasteiger partial charge in [-0.1, -0.05) is 23.2 Å². The van der Waals surface area contributed by atoms with Gasteiger partial charge in [0.25, 0.3) is 21.8 Å². The molecule has 3 heterocycles. The number of nitrogens with one attached hydrogen (secondary N) is 2. The lowest BCUT2D eigenvalue weighted by Gasteiger charge is -2.16. The van der Waals surface area contributed by atoms with Crippen LogP contribution in [0.5, 0.6) is 11.8 Å². The molecule has 5 rings (SSSR count). The lowest BCUT2D eigenvalue weighted by Crippen LogP contribution is -2.36. The van der Waals surface area contributed by atoms with E-state index in [1.807, 2.05) is 5.32 Å². The van der Waals surface area contributed by atoms with Gasteiger partial charge in [-0.15, -0.1) is 0 Å². The predicted octanol–water partition coefficient (Wildman–Crippen LogP) is 5.64. The first-order chi connectivity index (χ1) is 25.0. The van der Waals surface area contributed by atoms with Gasteiger partial charge >= 0.3 is 18.2 Å². The van der Waals surface area contributed by atoms with Crippen molar-refractivity contribution in [2.45, 2.75) is 43.8 Å². The Morgan fingerprint density at radius 3 is 2.15 bits per heavy atom. The van der Waals surface area contributed by atoms with Gasteiger partial charge in [-0.25, -0.2) is 24.2 Å². The minimum atomic E-state index is -4.99. The normalized spacial score (nSPS) is 14.6. The second-order valence-electron chi connectivity index (χ2n) is 10.7. The first kappa shape index (κ1) is 40.5. The fourth-order valence-corrected chi connectivity index (χ4v) is 6.35. The number of anilines is 2. The molecule has 0 spiro atoms. The van der Waals surface area contributed by atoms with Crippen molar-refractivity contribution in [1.29, 1.82) is 0 Å². The number of imide groups is 1. The van der Waals surface area contributed by atoms with Crippen molar-refractivity contribution in [1.82, 2.24) is 19.7 Å². The van der Waals surface area contributed by atoms with E-state index in [0.717, 1.165) is 25.1 Å². The summed E-state index contributed by atoms with van der Waals surface area (Å²) in [6.45, 7) is 1.87. The topological polar surface area (TPSA) is 196 Å². The number of aromatic nitrogens is 3. The highest BCUT2D eigenvalue weighted by Gasteiger charge is 2.40. The summed E-state index contributed by atoms with van der Waals surface area (Å²) in [6.07, 6.45) is 0.307. The monoisotopic (exact) mass is 800 g/mol. The number of alkyl halides is 3. The van der Waals surface area contributed by atoms with Crippen LogP contribution in [-0.2, 0) is 35.3 Å². The van der Waals surface area contributed by atoms with E-state index in [1.165, 1.54) is 36.0 Å². The number of sulfonamides is 1. The summed E-state index contributed by atoms with van der Waals surface area (Å²) in [6, 6.07) is 6.04. The number of hydrogen-bond donors (Lipinski definition) is 2. The van der Waals surface area contributed by atoms with Crippen LogP contribution in [0.1, 0.15) is 43.7 Å². The Morgan fingerprint density at radius 2 is 1.60 bits per heavy atom. The van der Waals surface area contributed by atoms with Crippen molar-refractivity contribution in [2.75, 3.05) is 31.0 Å². The number of methoxy groups -OCH3 is 2. The van der Waals surface area contributed by atoms with Gasteiger partial charge in [-0.2, -0.15) is 31.6 Å². The van der Waals surface area contributed by atoms with E-state index in [9.17, 15) is 40.8 Å². The van der Waals surface area contributed by atoms with Crippen molar-refractivity contribution in [2.24, 2.45) is 0 Å². The molecule has 0 fully saturated rings. The van der Waals surface area contributed by atoms with Crippen LogP contribution in [0.3, 0.4) is 0 Å². The average Bonchev–Trinajstić information content (AvgIpc) is 3.37. The summed E-state index contributed by atoms with van der Waals surface area (Å²) in [7, 11) is -2.39. The number of carbonyl (C=O) groups excluding carboxylic acids is 4. The SMILES string of the molecule is CCOC(=O)/C(Cl)=C/c1cc(N2C(=O)C3=C(CCCC3)C2=O)ccc1Cl.COc1cc(OC)nc(NC(=O)NS(=O)(=O)c2ncccc2C(F)(F)F)n1. The molecule has 0 radical (unpaired) electrons. The summed E-state index contributed by atoms with van der Waals surface area (Å²) in [5.41, 5.74) is 0.520. The fourth-order valence-electron chi connectivity index (χ4n) is 4.94. The van der Waals surface area contributed by atoms with Gasteiger partial charge < -0.3 is 14.2 Å². The second kappa shape index (κ2) is 17.0. The van der Waals surface area contributed by atoms with Crippen molar-refractivity contribution < 1.29 is 55.0 Å². The standard InChI is InChI=1S/C19H17Cl2NO4.C13H12F3N5O5S/c1-2-26-19(25)16(21)10-11-9-12(7-8-15(11)20)22-17(23)13-5-3-4-6-14(13)18(22)24;1-25-8-6-9(26-2)19-11(18-8)20-12(22)21-27(23,24)10-7(13(14,15)16)4-3-5-17-10/h7-10H,2-6H2,1H3;3-6H,1-2H3,(H2,18,19,20,21,22)/b16-10-;. The van der Waals surface area contributed by atoms with Gasteiger partial charge in [0.15, 0.2) is 5.03 Å². The predicted molar refractivity (Wildman–Crippen MR) is 184 cm³/mol. The Morgan fingerprint density at radius 1 is 1.00 bits per heavy atom. The van der Waals surface area contributed by atoms with Crippen molar-refractivity contribution in [3.63, 3.8) is 0 Å². The maximum absolute atomic E-state index is 12.9. The molecule has 15 nitrogen and oxygen atoms in total. The van der Waals surface area contributed by atoms with Crippen LogP contribution in [0.4, 0.5) is 29.6 Å². The number of urea groups is 1. The van der Waals surface area contributed by atoms with Gasteiger partial charge in [-0.3, -0.25) is 14.9 Å². The molecule has 0 bridgehead atoms. The number of nitrogens with zero attached hydrogens (tertiary/aromatic N) is 4. The van der Waals surface area contributed by atoms with Crippen LogP contribution < -0.4 is 24.4 Å². The van der Waals surface area contributed by atoms with Crippen molar-refractivity contribution in [3.05, 3.63) is 74.9 Å². The maximum Gasteiger partial charge on any atom is 0.419 e. The van der Waals surface area contributed by atoms with E-state index >= 15 is 0 Å². The van der Waals surface area contributed by atoms with Gasteiger partial charge in [0.2, 0.25) is 17.7 Å². The van der Waals surface area contributed by atoms with Crippen molar-refractivity contribution in [3.8, 4) is 11.8 Å². The van der Waals surface area contributed by atoms with Crippen LogP contribution in [0.2, 0.25) is 5.02 Å². The van der Waals surface area contributed by atoms with Gasteiger partial charge in [-0.05, 0) is 74.6 Å². The first-order valence-corrected chi connectivity index (χ1v) is 17.5. The Bertz CT molecular complexity index is 2060. The highest BCUT2D eigenvalue weighted by Crippen LogP contribution is 2.37. The van der Waals surface area contributed by atoms with E-state index < -0.39 is 44.7 Å². The highest BCUT2D eigenvalue weighted by atomic mass is 35.5. The van der Waals surface area contributed by atoms with E-state index in [0.29, 0.717) is 46.3 Å².